The van der Waals surface area contributed by atoms with Gasteiger partial charge in [-0.2, -0.15) is 0 Å². The molecule has 0 N–H and O–H groups in total. The standard InChI is InChI=1S/C36H24N4/c1-2-10-29(11-3-1)39-19-16-33-34(39)15-14-32-31-12-4-5-13-35(31)40(36(32)33)30-21-27(25-8-6-17-37-23-25)20-28(22-30)26-9-7-18-38-24-26/h1-24H. The fourth-order valence-electron chi connectivity index (χ4n) is 5.90. The quantitative estimate of drug-likeness (QED) is 0.236. The predicted octanol–water partition coefficient (Wildman–Crippen LogP) is 8.85. The molecule has 4 aromatic carbocycles. The van der Waals surface area contributed by atoms with Crippen LogP contribution in [0.25, 0.3) is 66.3 Å². The van der Waals surface area contributed by atoms with Gasteiger partial charge in [-0.15, -0.1) is 0 Å². The van der Waals surface area contributed by atoms with Crippen molar-refractivity contribution in [2.24, 2.45) is 0 Å². The molecule has 0 atom stereocenters. The third kappa shape index (κ3) is 3.54. The Morgan fingerprint density at radius 3 is 1.85 bits per heavy atom. The molecule has 0 saturated heterocycles. The third-order valence-corrected chi connectivity index (χ3v) is 7.70. The molecule has 4 heteroatoms. The lowest BCUT2D eigenvalue weighted by Gasteiger charge is -2.14. The highest BCUT2D eigenvalue weighted by atomic mass is 15.0. The van der Waals surface area contributed by atoms with Crippen molar-refractivity contribution in [2.75, 3.05) is 0 Å². The number of rotatable bonds is 4. The Hall–Kier alpha value is -5.48. The molecule has 4 aromatic heterocycles. The van der Waals surface area contributed by atoms with E-state index >= 15 is 0 Å². The van der Waals surface area contributed by atoms with E-state index in [4.69, 9.17) is 0 Å². The number of fused-ring (bicyclic) bond motifs is 5. The van der Waals surface area contributed by atoms with E-state index in [2.05, 4.69) is 128 Å². The van der Waals surface area contributed by atoms with Gasteiger partial charge < -0.3 is 9.13 Å². The maximum absolute atomic E-state index is 4.41. The predicted molar refractivity (Wildman–Crippen MR) is 164 cm³/mol. The minimum absolute atomic E-state index is 1.08. The number of benzene rings is 4. The van der Waals surface area contributed by atoms with E-state index in [-0.39, 0.29) is 0 Å². The Kier molecular flexibility index (Phi) is 5.10. The summed E-state index contributed by atoms with van der Waals surface area (Å²) in [7, 11) is 0. The Morgan fingerprint density at radius 2 is 1.15 bits per heavy atom. The first-order chi connectivity index (χ1) is 19.8. The first-order valence-corrected chi connectivity index (χ1v) is 13.4. The number of aromatic nitrogens is 4. The van der Waals surface area contributed by atoms with Gasteiger partial charge in [0.2, 0.25) is 0 Å². The fourth-order valence-corrected chi connectivity index (χ4v) is 5.90. The van der Waals surface area contributed by atoms with Crippen molar-refractivity contribution in [3.63, 3.8) is 0 Å². The van der Waals surface area contributed by atoms with E-state index in [1.165, 1.54) is 32.7 Å². The van der Waals surface area contributed by atoms with E-state index in [0.29, 0.717) is 0 Å². The van der Waals surface area contributed by atoms with E-state index in [9.17, 15) is 0 Å². The molecule has 0 aliphatic carbocycles. The summed E-state index contributed by atoms with van der Waals surface area (Å²) >= 11 is 0. The summed E-state index contributed by atoms with van der Waals surface area (Å²) in [6.07, 6.45) is 9.66. The van der Waals surface area contributed by atoms with Gasteiger partial charge in [0.05, 0.1) is 16.6 Å². The molecule has 40 heavy (non-hydrogen) atoms. The highest BCUT2D eigenvalue weighted by Crippen LogP contribution is 2.39. The second-order valence-electron chi connectivity index (χ2n) is 10.0. The normalized spacial score (nSPS) is 11.5. The Bertz CT molecular complexity index is 2080. The maximum atomic E-state index is 4.41. The average molecular weight is 513 g/mol. The smallest absolute Gasteiger partial charge is 0.0635 e. The maximum Gasteiger partial charge on any atom is 0.0635 e. The molecule has 0 radical (unpaired) electrons. The molecular formula is C36H24N4. The van der Waals surface area contributed by atoms with Crippen LogP contribution in [0.1, 0.15) is 0 Å². The van der Waals surface area contributed by atoms with Gasteiger partial charge in [0, 0.05) is 69.6 Å². The lowest BCUT2D eigenvalue weighted by atomic mass is 9.99. The largest absolute Gasteiger partial charge is 0.316 e. The van der Waals surface area contributed by atoms with Gasteiger partial charge in [-0.3, -0.25) is 9.97 Å². The highest BCUT2D eigenvalue weighted by Gasteiger charge is 2.18. The van der Waals surface area contributed by atoms with Gasteiger partial charge in [0.25, 0.3) is 0 Å². The summed E-state index contributed by atoms with van der Waals surface area (Å²) in [5.41, 5.74) is 10.2. The summed E-state index contributed by atoms with van der Waals surface area (Å²) in [5.74, 6) is 0. The zero-order valence-corrected chi connectivity index (χ0v) is 21.6. The summed E-state index contributed by atoms with van der Waals surface area (Å²) in [4.78, 5) is 8.81. The molecule has 0 aliphatic heterocycles. The van der Waals surface area contributed by atoms with Crippen LogP contribution in [0.2, 0.25) is 0 Å². The molecule has 0 unspecified atom stereocenters. The topological polar surface area (TPSA) is 35.6 Å². The van der Waals surface area contributed by atoms with Crippen molar-refractivity contribution in [3.05, 3.63) is 146 Å². The molecule has 0 fully saturated rings. The second-order valence-corrected chi connectivity index (χ2v) is 10.0. The first-order valence-electron chi connectivity index (χ1n) is 13.4. The zero-order chi connectivity index (χ0) is 26.5. The third-order valence-electron chi connectivity index (χ3n) is 7.70. The fraction of sp³-hybridized carbons (Fsp3) is 0. The van der Waals surface area contributed by atoms with Crippen LogP contribution in [0.5, 0.6) is 0 Å². The van der Waals surface area contributed by atoms with Crippen molar-refractivity contribution >= 4 is 32.7 Å². The van der Waals surface area contributed by atoms with Crippen molar-refractivity contribution in [2.45, 2.75) is 0 Å². The van der Waals surface area contributed by atoms with Crippen LogP contribution in [0.3, 0.4) is 0 Å². The van der Waals surface area contributed by atoms with Crippen LogP contribution < -0.4 is 0 Å². The minimum Gasteiger partial charge on any atom is -0.316 e. The van der Waals surface area contributed by atoms with E-state index < -0.39 is 0 Å². The summed E-state index contributed by atoms with van der Waals surface area (Å²) in [5, 5.41) is 3.69. The van der Waals surface area contributed by atoms with Crippen molar-refractivity contribution < 1.29 is 0 Å². The van der Waals surface area contributed by atoms with Crippen molar-refractivity contribution in [3.8, 4) is 33.6 Å². The molecule has 0 amide bonds. The van der Waals surface area contributed by atoms with Crippen LogP contribution in [-0.2, 0) is 0 Å². The lowest BCUT2D eigenvalue weighted by molar-refractivity contribution is 1.13. The van der Waals surface area contributed by atoms with Crippen LogP contribution in [0.4, 0.5) is 0 Å². The molecule has 0 saturated carbocycles. The Morgan fingerprint density at radius 1 is 0.450 bits per heavy atom. The number of hydrogen-bond donors (Lipinski definition) is 0. The van der Waals surface area contributed by atoms with E-state index in [0.717, 1.165) is 33.6 Å². The number of nitrogens with zero attached hydrogens (tertiary/aromatic N) is 4. The summed E-state index contributed by atoms with van der Waals surface area (Å²) < 4.78 is 4.69. The minimum atomic E-state index is 1.08. The molecule has 4 nitrogen and oxygen atoms in total. The van der Waals surface area contributed by atoms with Gasteiger partial charge in [-0.1, -0.05) is 54.6 Å². The van der Waals surface area contributed by atoms with Gasteiger partial charge in [-0.25, -0.2) is 0 Å². The number of hydrogen-bond acceptors (Lipinski definition) is 2. The van der Waals surface area contributed by atoms with E-state index in [1.807, 2.05) is 36.9 Å². The van der Waals surface area contributed by atoms with Crippen molar-refractivity contribution in [1.82, 2.24) is 19.1 Å². The SMILES string of the molecule is c1ccc(-n2ccc3c2ccc2c4ccccc4n(-c4cc(-c5cccnc5)cc(-c5cccnc5)c4)c23)cc1. The molecule has 8 aromatic rings. The van der Waals surface area contributed by atoms with E-state index in [1.54, 1.807) is 0 Å². The zero-order valence-electron chi connectivity index (χ0n) is 21.6. The molecular weight excluding hydrogens is 488 g/mol. The molecule has 0 aliphatic rings. The molecule has 8 rings (SSSR count). The summed E-state index contributed by atoms with van der Waals surface area (Å²) in [6, 6.07) is 40.9. The van der Waals surface area contributed by atoms with Gasteiger partial charge in [0.1, 0.15) is 0 Å². The Labute approximate surface area is 231 Å². The number of pyridine rings is 2. The molecule has 188 valence electrons. The van der Waals surface area contributed by atoms with Crippen LogP contribution in [0, 0.1) is 0 Å². The van der Waals surface area contributed by atoms with Gasteiger partial charge in [0.15, 0.2) is 0 Å². The van der Waals surface area contributed by atoms with Crippen LogP contribution in [0.15, 0.2) is 146 Å². The number of para-hydroxylation sites is 2. The lowest BCUT2D eigenvalue weighted by Crippen LogP contribution is -1.97. The van der Waals surface area contributed by atoms with Crippen molar-refractivity contribution in [1.29, 1.82) is 0 Å². The molecule has 0 bridgehead atoms. The molecule has 0 spiro atoms. The van der Waals surface area contributed by atoms with Gasteiger partial charge in [-0.05, 0) is 71.8 Å². The van der Waals surface area contributed by atoms with Crippen LogP contribution in [-0.4, -0.2) is 19.1 Å². The monoisotopic (exact) mass is 512 g/mol. The van der Waals surface area contributed by atoms with Crippen LogP contribution >= 0.6 is 0 Å². The average Bonchev–Trinajstić information content (AvgIpc) is 3.62. The first kappa shape index (κ1) is 22.5. The second kappa shape index (κ2) is 9.07. The Balaban J connectivity index is 1.48. The molecule has 4 heterocycles. The summed E-state index contributed by atoms with van der Waals surface area (Å²) in [6.45, 7) is 0. The highest BCUT2D eigenvalue weighted by molar-refractivity contribution is 6.18. The van der Waals surface area contributed by atoms with Gasteiger partial charge >= 0.3 is 0 Å².